The number of hydrogen-bond acceptors (Lipinski definition) is 2. The zero-order valence-corrected chi connectivity index (χ0v) is 10.3. The van der Waals surface area contributed by atoms with E-state index in [9.17, 15) is 4.79 Å². The van der Waals surface area contributed by atoms with E-state index in [0.717, 1.165) is 30.6 Å². The zero-order valence-electron chi connectivity index (χ0n) is 10.3. The summed E-state index contributed by atoms with van der Waals surface area (Å²) in [5.41, 5.74) is 3.01. The van der Waals surface area contributed by atoms with Crippen molar-refractivity contribution in [2.75, 3.05) is 13.1 Å². The van der Waals surface area contributed by atoms with Crippen molar-refractivity contribution in [2.24, 2.45) is 5.41 Å². The lowest BCUT2D eigenvalue weighted by Gasteiger charge is -2.22. The van der Waals surface area contributed by atoms with E-state index < -0.39 is 0 Å². The Kier molecular flexibility index (Phi) is 2.85. The van der Waals surface area contributed by atoms with Crippen molar-refractivity contribution in [3.8, 4) is 0 Å². The van der Waals surface area contributed by atoms with Crippen LogP contribution in [0.15, 0.2) is 18.2 Å². The highest BCUT2D eigenvalue weighted by Gasteiger charge is 2.37. The summed E-state index contributed by atoms with van der Waals surface area (Å²) in [6.07, 6.45) is 0.944. The van der Waals surface area contributed by atoms with Gasteiger partial charge in [-0.1, -0.05) is 25.1 Å². The first-order chi connectivity index (χ1) is 7.54. The average Bonchev–Trinajstić information content (AvgIpc) is 2.70. The number of rotatable bonds is 2. The van der Waals surface area contributed by atoms with Gasteiger partial charge < -0.3 is 5.32 Å². The van der Waals surface area contributed by atoms with E-state index in [-0.39, 0.29) is 5.41 Å². The Labute approximate surface area is 97.1 Å². The number of carbonyl (C=O) groups excluding carboxylic acids is 1. The minimum absolute atomic E-state index is 0.210. The summed E-state index contributed by atoms with van der Waals surface area (Å²) in [5, 5.41) is 3.28. The molecule has 86 valence electrons. The molecule has 1 aromatic carbocycles. The Bertz CT molecular complexity index is 417. The van der Waals surface area contributed by atoms with Crippen molar-refractivity contribution >= 4 is 5.78 Å². The first-order valence-corrected chi connectivity index (χ1v) is 5.86. The van der Waals surface area contributed by atoms with Crippen LogP contribution in [0.4, 0.5) is 0 Å². The van der Waals surface area contributed by atoms with Crippen LogP contribution < -0.4 is 5.32 Å². The van der Waals surface area contributed by atoms with Crippen LogP contribution in [-0.2, 0) is 0 Å². The van der Waals surface area contributed by atoms with Gasteiger partial charge in [-0.05, 0) is 37.9 Å². The number of nitrogens with one attached hydrogen (secondary N) is 1. The molecule has 0 bridgehead atoms. The summed E-state index contributed by atoms with van der Waals surface area (Å²) in [6.45, 7) is 7.92. The standard InChI is InChI=1S/C14H19NO/c1-10-5-4-6-12(11(10)2)13(16)14(3)7-8-15-9-14/h4-6,15H,7-9H2,1-3H3. The van der Waals surface area contributed by atoms with Crippen molar-refractivity contribution < 1.29 is 4.79 Å². The van der Waals surface area contributed by atoms with Gasteiger partial charge >= 0.3 is 0 Å². The fraction of sp³-hybridized carbons (Fsp3) is 0.500. The summed E-state index contributed by atoms with van der Waals surface area (Å²) < 4.78 is 0. The van der Waals surface area contributed by atoms with Crippen LogP contribution in [0.25, 0.3) is 0 Å². The number of benzene rings is 1. The maximum absolute atomic E-state index is 12.5. The molecule has 2 rings (SSSR count). The van der Waals surface area contributed by atoms with Gasteiger partial charge in [0.15, 0.2) is 5.78 Å². The molecular formula is C14H19NO. The average molecular weight is 217 g/mol. The van der Waals surface area contributed by atoms with E-state index in [1.165, 1.54) is 5.56 Å². The van der Waals surface area contributed by atoms with Crippen LogP contribution in [0.2, 0.25) is 0 Å². The van der Waals surface area contributed by atoms with E-state index in [1.54, 1.807) is 0 Å². The maximum Gasteiger partial charge on any atom is 0.170 e. The number of carbonyl (C=O) groups is 1. The largest absolute Gasteiger partial charge is 0.316 e. The SMILES string of the molecule is Cc1cccc(C(=O)C2(C)CCNC2)c1C. The smallest absolute Gasteiger partial charge is 0.170 e. The van der Waals surface area contributed by atoms with E-state index in [1.807, 2.05) is 19.1 Å². The van der Waals surface area contributed by atoms with Gasteiger partial charge in [-0.15, -0.1) is 0 Å². The molecular weight excluding hydrogens is 198 g/mol. The fourth-order valence-electron chi connectivity index (χ4n) is 2.33. The third-order valence-corrected chi connectivity index (χ3v) is 3.77. The quantitative estimate of drug-likeness (QED) is 0.771. The van der Waals surface area contributed by atoms with E-state index in [0.29, 0.717) is 5.78 Å². The second-order valence-electron chi connectivity index (χ2n) is 5.06. The lowest BCUT2D eigenvalue weighted by Crippen LogP contribution is -2.30. The summed E-state index contributed by atoms with van der Waals surface area (Å²) in [6, 6.07) is 5.98. The highest BCUT2D eigenvalue weighted by molar-refractivity contribution is 6.02. The van der Waals surface area contributed by atoms with Crippen LogP contribution in [0, 0.1) is 19.3 Å². The van der Waals surface area contributed by atoms with Crippen molar-refractivity contribution in [3.05, 3.63) is 34.9 Å². The second-order valence-corrected chi connectivity index (χ2v) is 5.06. The predicted molar refractivity (Wildman–Crippen MR) is 65.8 cm³/mol. The van der Waals surface area contributed by atoms with Crippen LogP contribution in [0.3, 0.4) is 0 Å². The lowest BCUT2D eigenvalue weighted by atomic mass is 9.80. The Balaban J connectivity index is 2.37. The van der Waals surface area contributed by atoms with Crippen LogP contribution in [0.5, 0.6) is 0 Å². The van der Waals surface area contributed by atoms with E-state index >= 15 is 0 Å². The van der Waals surface area contributed by atoms with E-state index in [4.69, 9.17) is 0 Å². The zero-order chi connectivity index (χ0) is 11.8. The minimum Gasteiger partial charge on any atom is -0.316 e. The molecule has 0 spiro atoms. The maximum atomic E-state index is 12.5. The lowest BCUT2D eigenvalue weighted by molar-refractivity contribution is 0.0838. The van der Waals surface area contributed by atoms with Gasteiger partial charge in [0.1, 0.15) is 0 Å². The Hall–Kier alpha value is -1.15. The molecule has 1 atom stereocenters. The molecule has 1 fully saturated rings. The van der Waals surface area contributed by atoms with Crippen LogP contribution >= 0.6 is 0 Å². The van der Waals surface area contributed by atoms with Crippen LogP contribution in [-0.4, -0.2) is 18.9 Å². The highest BCUT2D eigenvalue weighted by atomic mass is 16.1. The highest BCUT2D eigenvalue weighted by Crippen LogP contribution is 2.30. The van der Waals surface area contributed by atoms with E-state index in [2.05, 4.69) is 25.2 Å². The monoisotopic (exact) mass is 217 g/mol. The van der Waals surface area contributed by atoms with Crippen molar-refractivity contribution in [3.63, 3.8) is 0 Å². The van der Waals surface area contributed by atoms with Gasteiger partial charge in [-0.2, -0.15) is 0 Å². The topological polar surface area (TPSA) is 29.1 Å². The van der Waals surface area contributed by atoms with Gasteiger partial charge in [0.05, 0.1) is 0 Å². The molecule has 16 heavy (non-hydrogen) atoms. The predicted octanol–water partition coefficient (Wildman–Crippen LogP) is 2.49. The third kappa shape index (κ3) is 1.78. The van der Waals surface area contributed by atoms with Gasteiger partial charge in [-0.25, -0.2) is 0 Å². The Morgan fingerprint density at radius 2 is 2.12 bits per heavy atom. The van der Waals surface area contributed by atoms with Gasteiger partial charge in [0.25, 0.3) is 0 Å². The molecule has 1 aliphatic rings. The fourth-order valence-corrected chi connectivity index (χ4v) is 2.33. The summed E-state index contributed by atoms with van der Waals surface area (Å²) in [7, 11) is 0. The molecule has 1 heterocycles. The molecule has 0 amide bonds. The normalized spacial score (nSPS) is 24.7. The first kappa shape index (κ1) is 11.3. The van der Waals surface area contributed by atoms with Gasteiger partial charge in [0, 0.05) is 17.5 Å². The number of aryl methyl sites for hydroxylation is 1. The molecule has 1 saturated heterocycles. The molecule has 0 radical (unpaired) electrons. The number of ketones is 1. The molecule has 2 nitrogen and oxygen atoms in total. The second kappa shape index (κ2) is 4.02. The molecule has 1 aliphatic heterocycles. The minimum atomic E-state index is -0.210. The molecule has 1 unspecified atom stereocenters. The molecule has 0 saturated carbocycles. The summed E-state index contributed by atoms with van der Waals surface area (Å²) >= 11 is 0. The number of Topliss-reactive ketones (excluding diaryl/α,β-unsaturated/α-hetero) is 1. The molecule has 2 heteroatoms. The first-order valence-electron chi connectivity index (χ1n) is 5.86. The van der Waals surface area contributed by atoms with Crippen molar-refractivity contribution in [1.82, 2.24) is 5.32 Å². The molecule has 0 aromatic heterocycles. The number of hydrogen-bond donors (Lipinski definition) is 1. The van der Waals surface area contributed by atoms with Gasteiger partial charge in [0.2, 0.25) is 0 Å². The Morgan fingerprint density at radius 1 is 1.38 bits per heavy atom. The van der Waals surface area contributed by atoms with Gasteiger partial charge in [-0.3, -0.25) is 4.79 Å². The van der Waals surface area contributed by atoms with Crippen LogP contribution in [0.1, 0.15) is 34.8 Å². The molecule has 0 aliphatic carbocycles. The van der Waals surface area contributed by atoms with Crippen molar-refractivity contribution in [2.45, 2.75) is 27.2 Å². The molecule has 1 aromatic rings. The third-order valence-electron chi connectivity index (χ3n) is 3.77. The van der Waals surface area contributed by atoms with Crippen molar-refractivity contribution in [1.29, 1.82) is 0 Å². The Morgan fingerprint density at radius 3 is 2.75 bits per heavy atom. The molecule has 1 N–H and O–H groups in total. The summed E-state index contributed by atoms with van der Waals surface area (Å²) in [5.74, 6) is 0.290. The summed E-state index contributed by atoms with van der Waals surface area (Å²) in [4.78, 5) is 12.5.